The van der Waals surface area contributed by atoms with Gasteiger partial charge >= 0.3 is 0 Å². The van der Waals surface area contributed by atoms with E-state index in [1.807, 2.05) is 6.07 Å². The lowest BCUT2D eigenvalue weighted by Gasteiger charge is -2.56. The number of tetrazole rings is 1. The molecule has 3 rings (SSSR count). The Balaban J connectivity index is 1.93. The number of aromatic nitrogens is 4. The molecule has 1 heterocycles. The summed E-state index contributed by atoms with van der Waals surface area (Å²) in [5, 5.41) is 14.9. The van der Waals surface area contributed by atoms with E-state index >= 15 is 0 Å². The Kier molecular flexibility index (Phi) is 3.76. The van der Waals surface area contributed by atoms with Gasteiger partial charge in [0.2, 0.25) is 0 Å². The number of hydrogen-bond acceptors (Lipinski definition) is 4. The minimum atomic E-state index is 0.369. The van der Waals surface area contributed by atoms with Crippen LogP contribution in [0, 0.1) is 5.41 Å². The largest absolute Gasteiger partial charge is 0.316 e. The van der Waals surface area contributed by atoms with Crippen molar-refractivity contribution in [2.24, 2.45) is 5.41 Å². The van der Waals surface area contributed by atoms with Gasteiger partial charge in [-0.15, -0.1) is 5.10 Å². The van der Waals surface area contributed by atoms with Gasteiger partial charge in [-0.3, -0.25) is 0 Å². The third-order valence-corrected chi connectivity index (χ3v) is 5.41. The molecule has 0 bridgehead atoms. The first-order valence-corrected chi connectivity index (χ1v) is 7.75. The minimum absolute atomic E-state index is 0.369. The van der Waals surface area contributed by atoms with Crippen LogP contribution in [-0.2, 0) is 0 Å². The quantitative estimate of drug-likeness (QED) is 0.917. The van der Waals surface area contributed by atoms with Crippen LogP contribution in [0.3, 0.4) is 0 Å². The molecule has 0 saturated heterocycles. The molecular formula is C16H23N5. The Morgan fingerprint density at radius 1 is 1.33 bits per heavy atom. The predicted molar refractivity (Wildman–Crippen MR) is 82.4 cm³/mol. The van der Waals surface area contributed by atoms with Crippen molar-refractivity contribution in [1.29, 1.82) is 0 Å². The highest BCUT2D eigenvalue weighted by Crippen LogP contribution is 2.57. The van der Waals surface area contributed by atoms with Gasteiger partial charge in [0, 0.05) is 6.04 Å². The fourth-order valence-corrected chi connectivity index (χ4v) is 4.06. The maximum absolute atomic E-state index is 3.98. The molecule has 2 atom stereocenters. The van der Waals surface area contributed by atoms with E-state index in [0.717, 1.165) is 5.69 Å². The van der Waals surface area contributed by atoms with Gasteiger partial charge in [-0.05, 0) is 65.8 Å². The van der Waals surface area contributed by atoms with Crippen LogP contribution in [0.25, 0.3) is 5.69 Å². The molecule has 2 aromatic rings. The summed E-state index contributed by atoms with van der Waals surface area (Å²) >= 11 is 0. The molecule has 0 radical (unpaired) electrons. The fraction of sp³-hybridized carbons (Fsp3) is 0.562. The van der Waals surface area contributed by atoms with Gasteiger partial charge in [0.25, 0.3) is 0 Å². The zero-order valence-corrected chi connectivity index (χ0v) is 13.0. The van der Waals surface area contributed by atoms with E-state index in [-0.39, 0.29) is 0 Å². The zero-order valence-electron chi connectivity index (χ0n) is 13.0. The van der Waals surface area contributed by atoms with Gasteiger partial charge in [0.15, 0.2) is 0 Å². The summed E-state index contributed by atoms with van der Waals surface area (Å²) in [6.07, 6.45) is 5.25. The van der Waals surface area contributed by atoms with E-state index in [9.17, 15) is 0 Å². The van der Waals surface area contributed by atoms with Crippen molar-refractivity contribution in [2.75, 3.05) is 7.05 Å². The summed E-state index contributed by atoms with van der Waals surface area (Å²) in [6, 6.07) is 9.24. The summed E-state index contributed by atoms with van der Waals surface area (Å²) in [6.45, 7) is 4.62. The molecule has 112 valence electrons. The third kappa shape index (κ3) is 2.16. The molecule has 1 aromatic heterocycles. The average molecular weight is 285 g/mol. The lowest BCUT2D eigenvalue weighted by atomic mass is 9.52. The summed E-state index contributed by atoms with van der Waals surface area (Å²) in [7, 11) is 2.08. The molecule has 1 aliphatic rings. The lowest BCUT2D eigenvalue weighted by molar-refractivity contribution is 0.0245. The van der Waals surface area contributed by atoms with Gasteiger partial charge in [0.05, 0.1) is 5.69 Å². The highest BCUT2D eigenvalue weighted by Gasteiger charge is 2.52. The molecule has 1 aromatic carbocycles. The number of hydrogen-bond donors (Lipinski definition) is 1. The number of rotatable bonds is 5. The van der Waals surface area contributed by atoms with Crippen molar-refractivity contribution in [3.63, 3.8) is 0 Å². The average Bonchev–Trinajstić information content (AvgIpc) is 3.03. The first kappa shape index (κ1) is 14.2. The van der Waals surface area contributed by atoms with E-state index in [1.54, 1.807) is 11.0 Å². The Morgan fingerprint density at radius 3 is 2.76 bits per heavy atom. The second-order valence-corrected chi connectivity index (χ2v) is 5.92. The van der Waals surface area contributed by atoms with Gasteiger partial charge < -0.3 is 5.32 Å². The normalized spacial score (nSPS) is 23.8. The van der Waals surface area contributed by atoms with E-state index in [0.29, 0.717) is 17.4 Å². The van der Waals surface area contributed by atoms with Gasteiger partial charge in [0.1, 0.15) is 6.33 Å². The van der Waals surface area contributed by atoms with Crippen LogP contribution >= 0.6 is 0 Å². The van der Waals surface area contributed by atoms with Crippen molar-refractivity contribution in [3.8, 4) is 5.69 Å². The van der Waals surface area contributed by atoms with Crippen LogP contribution in [0.4, 0.5) is 0 Å². The fourth-order valence-electron chi connectivity index (χ4n) is 4.06. The van der Waals surface area contributed by atoms with Crippen LogP contribution in [0.2, 0.25) is 0 Å². The van der Waals surface area contributed by atoms with Gasteiger partial charge in [-0.1, -0.05) is 26.0 Å². The zero-order chi connectivity index (χ0) is 14.9. The number of nitrogens with zero attached hydrogens (tertiary/aromatic N) is 4. The van der Waals surface area contributed by atoms with E-state index in [4.69, 9.17) is 0 Å². The molecule has 0 aliphatic heterocycles. The molecule has 21 heavy (non-hydrogen) atoms. The lowest BCUT2D eigenvalue weighted by Crippen LogP contribution is -2.57. The van der Waals surface area contributed by atoms with Crippen molar-refractivity contribution >= 4 is 0 Å². The van der Waals surface area contributed by atoms with Crippen LogP contribution in [-0.4, -0.2) is 33.3 Å². The summed E-state index contributed by atoms with van der Waals surface area (Å²) in [5.41, 5.74) is 2.80. The molecule has 0 amide bonds. The van der Waals surface area contributed by atoms with Crippen LogP contribution < -0.4 is 5.32 Å². The molecule has 1 saturated carbocycles. The summed E-state index contributed by atoms with van der Waals surface area (Å²) < 4.78 is 1.72. The Labute approximate surface area is 125 Å². The van der Waals surface area contributed by atoms with E-state index < -0.39 is 0 Å². The van der Waals surface area contributed by atoms with Crippen LogP contribution in [0.15, 0.2) is 30.6 Å². The Hall–Kier alpha value is -1.75. The van der Waals surface area contributed by atoms with E-state index in [1.165, 1.54) is 24.8 Å². The predicted octanol–water partition coefficient (Wildman–Crippen LogP) is 2.54. The highest BCUT2D eigenvalue weighted by molar-refractivity contribution is 5.39. The molecule has 2 unspecified atom stereocenters. The summed E-state index contributed by atoms with van der Waals surface area (Å²) in [4.78, 5) is 0. The topological polar surface area (TPSA) is 55.6 Å². The SMILES string of the molecule is CCC1(CC)C(NC)CC1c1cccc(-n2cnnn2)c1. The van der Waals surface area contributed by atoms with Crippen molar-refractivity contribution in [3.05, 3.63) is 36.2 Å². The second-order valence-electron chi connectivity index (χ2n) is 5.92. The third-order valence-electron chi connectivity index (χ3n) is 5.41. The van der Waals surface area contributed by atoms with Crippen molar-refractivity contribution in [2.45, 2.75) is 45.1 Å². The smallest absolute Gasteiger partial charge is 0.143 e. The first-order chi connectivity index (χ1) is 10.2. The number of benzene rings is 1. The standard InChI is InChI=1S/C16H23N5/c1-4-16(5-2)14(10-15(16)17-3)12-7-6-8-13(9-12)21-11-18-19-20-21/h6-9,11,14-15,17H,4-5,10H2,1-3H3. The molecular weight excluding hydrogens is 262 g/mol. The van der Waals surface area contributed by atoms with Crippen LogP contribution in [0.1, 0.15) is 44.6 Å². The van der Waals surface area contributed by atoms with E-state index in [2.05, 4.69) is 59.9 Å². The maximum atomic E-state index is 3.98. The molecule has 0 spiro atoms. The van der Waals surface area contributed by atoms with Crippen molar-refractivity contribution in [1.82, 2.24) is 25.5 Å². The second kappa shape index (κ2) is 5.56. The molecule has 5 heteroatoms. The van der Waals surface area contributed by atoms with Gasteiger partial charge in [-0.25, -0.2) is 4.68 Å². The number of nitrogens with one attached hydrogen (secondary N) is 1. The molecule has 1 aliphatic carbocycles. The first-order valence-electron chi connectivity index (χ1n) is 7.75. The summed E-state index contributed by atoms with van der Waals surface area (Å²) in [5.74, 6) is 0.612. The minimum Gasteiger partial charge on any atom is -0.316 e. The Bertz CT molecular complexity index is 588. The monoisotopic (exact) mass is 285 g/mol. The molecule has 1 N–H and O–H groups in total. The highest BCUT2D eigenvalue weighted by atomic mass is 15.5. The Morgan fingerprint density at radius 2 is 2.14 bits per heavy atom. The maximum Gasteiger partial charge on any atom is 0.143 e. The van der Waals surface area contributed by atoms with Crippen LogP contribution in [0.5, 0.6) is 0 Å². The molecule has 1 fully saturated rings. The van der Waals surface area contributed by atoms with Gasteiger partial charge in [-0.2, -0.15) is 0 Å². The van der Waals surface area contributed by atoms with Crippen molar-refractivity contribution < 1.29 is 0 Å². The molecule has 5 nitrogen and oxygen atoms in total.